The molecular weight excluding hydrogens is 342 g/mol. The molecule has 1 saturated carbocycles. The molecule has 0 aromatic heterocycles. The lowest BCUT2D eigenvalue weighted by Gasteiger charge is -2.58. The zero-order valence-corrected chi connectivity index (χ0v) is 15.6. The summed E-state index contributed by atoms with van der Waals surface area (Å²) in [7, 11) is 0. The molecule has 6 aliphatic rings. The van der Waals surface area contributed by atoms with Gasteiger partial charge in [-0.25, -0.2) is 0 Å². The van der Waals surface area contributed by atoms with Crippen molar-refractivity contribution in [2.45, 2.75) is 56.1 Å². The van der Waals surface area contributed by atoms with Gasteiger partial charge in [0.1, 0.15) is 16.6 Å². The van der Waals surface area contributed by atoms with Gasteiger partial charge in [-0.1, -0.05) is 26.0 Å². The Hall–Kier alpha value is -2.37. The number of piperidine rings is 2. The summed E-state index contributed by atoms with van der Waals surface area (Å²) >= 11 is 0. The fourth-order valence-electron chi connectivity index (χ4n) is 7.02. The Labute approximate surface area is 157 Å². The summed E-state index contributed by atoms with van der Waals surface area (Å²) in [6, 6.07) is 7.56. The van der Waals surface area contributed by atoms with E-state index in [9.17, 15) is 14.4 Å². The molecule has 1 aromatic carbocycles. The van der Waals surface area contributed by atoms with Crippen molar-refractivity contribution in [2.75, 3.05) is 11.9 Å². The minimum atomic E-state index is -0.975. The molecule has 2 bridgehead atoms. The first-order chi connectivity index (χ1) is 12.8. The van der Waals surface area contributed by atoms with Gasteiger partial charge >= 0.3 is 0 Å². The van der Waals surface area contributed by atoms with Crippen LogP contribution in [0.2, 0.25) is 0 Å². The molecule has 140 valence electrons. The molecule has 3 spiro atoms. The van der Waals surface area contributed by atoms with E-state index in [1.807, 2.05) is 29.2 Å². The van der Waals surface area contributed by atoms with E-state index < -0.39 is 22.0 Å². The van der Waals surface area contributed by atoms with Crippen LogP contribution in [0.25, 0.3) is 0 Å². The molecule has 6 nitrogen and oxygen atoms in total. The molecule has 5 aliphatic heterocycles. The van der Waals surface area contributed by atoms with Gasteiger partial charge in [-0.15, -0.1) is 0 Å². The Balaban J connectivity index is 1.55. The summed E-state index contributed by atoms with van der Waals surface area (Å²) < 4.78 is 0. The Kier molecular flexibility index (Phi) is 2.44. The highest BCUT2D eigenvalue weighted by atomic mass is 16.2. The molecule has 4 atom stereocenters. The van der Waals surface area contributed by atoms with E-state index >= 15 is 0 Å². The van der Waals surface area contributed by atoms with Crippen LogP contribution in [-0.4, -0.2) is 45.7 Å². The summed E-state index contributed by atoms with van der Waals surface area (Å²) in [5.41, 5.74) is -1.49. The van der Waals surface area contributed by atoms with Crippen LogP contribution in [-0.2, 0) is 9.59 Å². The van der Waals surface area contributed by atoms with Crippen molar-refractivity contribution < 1.29 is 14.4 Å². The third-order valence-electron chi connectivity index (χ3n) is 8.43. The van der Waals surface area contributed by atoms with Crippen molar-refractivity contribution in [1.29, 1.82) is 0 Å². The lowest BCUT2D eigenvalue weighted by Crippen LogP contribution is -2.81. The number of amides is 2. The van der Waals surface area contributed by atoms with Gasteiger partial charge in [0.15, 0.2) is 5.78 Å². The molecular formula is C21H23N3O3. The second-order valence-electron chi connectivity index (χ2n) is 9.58. The van der Waals surface area contributed by atoms with Crippen LogP contribution in [0.4, 0.5) is 5.69 Å². The number of piperazine rings is 1. The van der Waals surface area contributed by atoms with E-state index in [1.165, 1.54) is 0 Å². The van der Waals surface area contributed by atoms with Crippen LogP contribution in [0.5, 0.6) is 0 Å². The van der Waals surface area contributed by atoms with Gasteiger partial charge < -0.3 is 15.5 Å². The fraction of sp³-hybridized carbons (Fsp3) is 0.571. The summed E-state index contributed by atoms with van der Waals surface area (Å²) in [6.45, 7) is 4.84. The number of anilines is 1. The fourth-order valence-corrected chi connectivity index (χ4v) is 7.02. The normalized spacial score (nSPS) is 42.8. The SMILES string of the molecule is CC1(C)[C@@H]2CC34CCCN3C(=O)[C@]2(C[C@@]12Nc1ccccc1C2=O)NC4=O. The van der Waals surface area contributed by atoms with Crippen LogP contribution in [0.15, 0.2) is 24.3 Å². The predicted molar refractivity (Wildman–Crippen MR) is 98.2 cm³/mol. The number of hydrogen-bond donors (Lipinski definition) is 2. The predicted octanol–water partition coefficient (Wildman–Crippen LogP) is 1.71. The average molecular weight is 365 g/mol. The number of carbonyl (C=O) groups excluding carboxylic acids is 3. The van der Waals surface area contributed by atoms with Crippen molar-refractivity contribution in [1.82, 2.24) is 10.2 Å². The first kappa shape index (κ1) is 15.7. The molecule has 1 aromatic rings. The number of nitrogens with one attached hydrogen (secondary N) is 2. The largest absolute Gasteiger partial charge is 0.371 e. The molecule has 2 amide bonds. The number of Topliss-reactive ketones (excluding diaryl/α,β-unsaturated/α-hetero) is 1. The van der Waals surface area contributed by atoms with Crippen LogP contribution in [0.1, 0.15) is 49.9 Å². The van der Waals surface area contributed by atoms with Crippen molar-refractivity contribution in [3.8, 4) is 0 Å². The Bertz CT molecular complexity index is 956. The standard InChI is InChI=1S/C21H23N3O3/c1-18(2)14-10-19-8-5-9-24(19)17(27)20(14,23-16(19)26)11-21(18)15(25)12-6-3-4-7-13(12)22-21/h3-4,6-7,14,22H,5,8-11H2,1-2H3,(H,23,26)/t14-,19?,20+,21-/m0/s1. The Morgan fingerprint density at radius 3 is 2.67 bits per heavy atom. The quantitative estimate of drug-likeness (QED) is 0.734. The number of carbonyl (C=O) groups is 3. The van der Waals surface area contributed by atoms with Crippen molar-refractivity contribution in [3.05, 3.63) is 29.8 Å². The zero-order valence-electron chi connectivity index (χ0n) is 15.6. The summed E-state index contributed by atoms with van der Waals surface area (Å²) in [6.07, 6.45) is 2.57. The van der Waals surface area contributed by atoms with E-state index in [4.69, 9.17) is 0 Å². The monoisotopic (exact) mass is 365 g/mol. The minimum Gasteiger partial charge on any atom is -0.371 e. The van der Waals surface area contributed by atoms with Crippen molar-refractivity contribution in [2.24, 2.45) is 11.3 Å². The molecule has 4 saturated heterocycles. The van der Waals surface area contributed by atoms with Gasteiger partial charge in [0.25, 0.3) is 0 Å². The van der Waals surface area contributed by atoms with Gasteiger partial charge in [-0.05, 0) is 31.4 Å². The summed E-state index contributed by atoms with van der Waals surface area (Å²) in [4.78, 5) is 42.0. The zero-order chi connectivity index (χ0) is 18.8. The van der Waals surface area contributed by atoms with E-state index in [-0.39, 0.29) is 23.5 Å². The molecule has 5 fully saturated rings. The van der Waals surface area contributed by atoms with Gasteiger partial charge in [-0.3, -0.25) is 14.4 Å². The molecule has 1 unspecified atom stereocenters. The molecule has 2 N–H and O–H groups in total. The lowest BCUT2D eigenvalue weighted by atomic mass is 9.59. The highest BCUT2D eigenvalue weighted by Crippen LogP contribution is 2.66. The van der Waals surface area contributed by atoms with E-state index in [2.05, 4.69) is 24.5 Å². The van der Waals surface area contributed by atoms with Crippen LogP contribution in [0.3, 0.4) is 0 Å². The van der Waals surface area contributed by atoms with Gasteiger partial charge in [0.05, 0.1) is 0 Å². The summed E-state index contributed by atoms with van der Waals surface area (Å²) in [5, 5.41) is 6.65. The topological polar surface area (TPSA) is 78.5 Å². The minimum absolute atomic E-state index is 0.0198. The number of rotatable bonds is 0. The van der Waals surface area contributed by atoms with E-state index in [0.717, 1.165) is 18.5 Å². The highest BCUT2D eigenvalue weighted by Gasteiger charge is 2.80. The Morgan fingerprint density at radius 1 is 1.11 bits per heavy atom. The number of benzene rings is 1. The summed E-state index contributed by atoms with van der Waals surface area (Å²) in [5.74, 6) is -0.0108. The molecule has 6 heteroatoms. The van der Waals surface area contributed by atoms with Crippen LogP contribution in [0, 0.1) is 11.3 Å². The second-order valence-corrected chi connectivity index (χ2v) is 9.58. The number of hydrogen-bond acceptors (Lipinski definition) is 4. The number of ketones is 1. The lowest BCUT2D eigenvalue weighted by molar-refractivity contribution is -0.175. The number of para-hydroxylation sites is 1. The van der Waals surface area contributed by atoms with Crippen molar-refractivity contribution >= 4 is 23.3 Å². The molecule has 1 aliphatic carbocycles. The number of nitrogens with zero attached hydrogens (tertiary/aromatic N) is 1. The third-order valence-corrected chi connectivity index (χ3v) is 8.43. The maximum Gasteiger partial charge on any atom is 0.249 e. The second kappa shape index (κ2) is 4.21. The molecule has 0 radical (unpaired) electrons. The maximum atomic E-state index is 13.6. The highest BCUT2D eigenvalue weighted by molar-refractivity contribution is 6.16. The Morgan fingerprint density at radius 2 is 1.89 bits per heavy atom. The van der Waals surface area contributed by atoms with E-state index in [1.54, 1.807) is 0 Å². The van der Waals surface area contributed by atoms with E-state index in [0.29, 0.717) is 24.9 Å². The first-order valence-electron chi connectivity index (χ1n) is 9.85. The van der Waals surface area contributed by atoms with Crippen LogP contribution < -0.4 is 10.6 Å². The van der Waals surface area contributed by atoms with Crippen molar-refractivity contribution in [3.63, 3.8) is 0 Å². The molecule has 27 heavy (non-hydrogen) atoms. The maximum absolute atomic E-state index is 13.6. The van der Waals surface area contributed by atoms with Crippen LogP contribution >= 0.6 is 0 Å². The van der Waals surface area contributed by atoms with Gasteiger partial charge in [-0.2, -0.15) is 0 Å². The van der Waals surface area contributed by atoms with Gasteiger partial charge in [0.2, 0.25) is 11.8 Å². The first-order valence-corrected chi connectivity index (χ1v) is 9.85. The number of fused-ring (bicyclic) bond motifs is 2. The van der Waals surface area contributed by atoms with Gasteiger partial charge in [0, 0.05) is 35.5 Å². The average Bonchev–Trinajstić information content (AvgIpc) is 3.24. The molecule has 5 heterocycles. The smallest absolute Gasteiger partial charge is 0.249 e. The third kappa shape index (κ3) is 1.38. The molecule has 7 rings (SSSR count).